The molecule has 4 nitrogen and oxygen atoms in total. The lowest BCUT2D eigenvalue weighted by Crippen LogP contribution is -2.35. The lowest BCUT2D eigenvalue weighted by Gasteiger charge is -2.19. The molecule has 0 saturated heterocycles. The molecule has 0 saturated carbocycles. The van der Waals surface area contributed by atoms with E-state index in [0.717, 1.165) is 12.3 Å². The van der Waals surface area contributed by atoms with Crippen molar-refractivity contribution in [3.8, 4) is 0 Å². The Hall–Kier alpha value is -1.49. The Balaban J connectivity index is 2.04. The largest absolute Gasteiger partial charge is 0.457 e. The second kappa shape index (κ2) is 4.31. The molecule has 1 atom stereocenters. The Morgan fingerprint density at radius 2 is 2.28 bits per heavy atom. The number of benzene rings is 1. The lowest BCUT2D eigenvalue weighted by atomic mass is 10.3. The molecule has 0 radical (unpaired) electrons. The molecule has 1 aromatic carbocycles. The summed E-state index contributed by atoms with van der Waals surface area (Å²) in [4.78, 5) is 11.0. The molecule has 1 aromatic heterocycles. The summed E-state index contributed by atoms with van der Waals surface area (Å²) in [5.74, 6) is 0.619. The number of rotatable bonds is 1. The van der Waals surface area contributed by atoms with E-state index in [9.17, 15) is 4.79 Å². The van der Waals surface area contributed by atoms with Crippen LogP contribution in [0.5, 0.6) is 0 Å². The van der Waals surface area contributed by atoms with E-state index in [1.165, 1.54) is 23.1 Å². The Labute approximate surface area is 110 Å². The Morgan fingerprint density at radius 3 is 3.06 bits per heavy atom. The van der Waals surface area contributed by atoms with Gasteiger partial charge in [-0.1, -0.05) is 12.1 Å². The number of thioether (sulfide) groups is 1. The quantitative estimate of drug-likeness (QED) is 0.578. The smallest absolute Gasteiger partial charge is 0.319 e. The van der Waals surface area contributed by atoms with Gasteiger partial charge in [-0.15, -0.1) is 0 Å². The Bertz CT molecular complexity index is 621. The highest BCUT2D eigenvalue weighted by Crippen LogP contribution is 2.28. The zero-order valence-corrected chi connectivity index (χ0v) is 11.2. The van der Waals surface area contributed by atoms with E-state index in [4.69, 9.17) is 4.74 Å². The number of carbonyl (C=O) groups excluding carboxylic acids is 1. The van der Waals surface area contributed by atoms with Gasteiger partial charge in [0.2, 0.25) is 0 Å². The highest BCUT2D eigenvalue weighted by atomic mass is 32.2. The molecule has 0 spiro atoms. The molecule has 0 amide bonds. The van der Waals surface area contributed by atoms with E-state index in [0.29, 0.717) is 0 Å². The maximum Gasteiger partial charge on any atom is 0.319 e. The van der Waals surface area contributed by atoms with Gasteiger partial charge in [0.05, 0.1) is 7.05 Å². The average molecular weight is 263 g/mol. The third kappa shape index (κ3) is 1.79. The van der Waals surface area contributed by atoms with Crippen LogP contribution in [0.25, 0.3) is 11.0 Å². The van der Waals surface area contributed by atoms with Crippen molar-refractivity contribution < 1.29 is 14.1 Å². The van der Waals surface area contributed by atoms with Crippen molar-refractivity contribution in [2.75, 3.05) is 5.75 Å². The van der Waals surface area contributed by atoms with E-state index >= 15 is 0 Å². The zero-order chi connectivity index (χ0) is 12.7. The predicted molar refractivity (Wildman–Crippen MR) is 69.4 cm³/mol. The van der Waals surface area contributed by atoms with Crippen molar-refractivity contribution >= 4 is 28.8 Å². The first-order valence-corrected chi connectivity index (χ1v) is 6.92. The van der Waals surface area contributed by atoms with Crippen molar-refractivity contribution in [3.05, 3.63) is 24.3 Å². The molecule has 5 heteroatoms. The maximum atomic E-state index is 11.0. The molecule has 3 rings (SSSR count). The SMILES string of the molecule is CC(=O)O[C@H]1CSc2n(c3ccccc3[n+]2C)C1. The second-order valence-corrected chi connectivity index (χ2v) is 5.47. The van der Waals surface area contributed by atoms with Gasteiger partial charge in [0.1, 0.15) is 12.6 Å². The van der Waals surface area contributed by atoms with E-state index < -0.39 is 0 Å². The second-order valence-electron chi connectivity index (χ2n) is 4.48. The molecule has 18 heavy (non-hydrogen) atoms. The number of aromatic nitrogens is 2. The van der Waals surface area contributed by atoms with Crippen LogP contribution in [0.3, 0.4) is 0 Å². The van der Waals surface area contributed by atoms with Gasteiger partial charge in [-0.3, -0.25) is 4.79 Å². The lowest BCUT2D eigenvalue weighted by molar-refractivity contribution is -0.685. The van der Waals surface area contributed by atoms with Gasteiger partial charge >= 0.3 is 11.1 Å². The Morgan fingerprint density at radius 1 is 1.50 bits per heavy atom. The minimum atomic E-state index is -0.204. The van der Waals surface area contributed by atoms with Gasteiger partial charge in [0.15, 0.2) is 11.0 Å². The summed E-state index contributed by atoms with van der Waals surface area (Å²) in [7, 11) is 2.08. The molecule has 2 heterocycles. The van der Waals surface area contributed by atoms with Gasteiger partial charge in [0, 0.05) is 12.7 Å². The number of nitrogens with zero attached hydrogens (tertiary/aromatic N) is 2. The van der Waals surface area contributed by atoms with Crippen LogP contribution < -0.4 is 4.57 Å². The minimum absolute atomic E-state index is 0.0317. The molecule has 0 unspecified atom stereocenters. The van der Waals surface area contributed by atoms with Crippen LogP contribution in [0.4, 0.5) is 0 Å². The summed E-state index contributed by atoms with van der Waals surface area (Å²) in [6.45, 7) is 2.21. The third-order valence-electron chi connectivity index (χ3n) is 3.17. The summed E-state index contributed by atoms with van der Waals surface area (Å²) < 4.78 is 9.75. The van der Waals surface area contributed by atoms with Crippen molar-refractivity contribution in [2.45, 2.75) is 24.7 Å². The van der Waals surface area contributed by atoms with Crippen LogP contribution in [-0.2, 0) is 23.1 Å². The van der Waals surface area contributed by atoms with Gasteiger partial charge in [-0.25, -0.2) is 9.13 Å². The fraction of sp³-hybridized carbons (Fsp3) is 0.385. The molecule has 0 bridgehead atoms. The van der Waals surface area contributed by atoms with Gasteiger partial charge in [-0.05, 0) is 23.9 Å². The minimum Gasteiger partial charge on any atom is -0.457 e. The molecule has 0 aliphatic carbocycles. The first-order valence-electron chi connectivity index (χ1n) is 5.94. The van der Waals surface area contributed by atoms with E-state index in [1.807, 2.05) is 12.1 Å². The molecular weight excluding hydrogens is 248 g/mol. The normalized spacial score (nSPS) is 18.7. The summed E-state index contributed by atoms with van der Waals surface area (Å²) in [6.07, 6.45) is -0.0317. The number of aryl methyl sites for hydroxylation is 1. The standard InChI is InChI=1S/C13H15N2O2S/c1-9(16)17-10-7-15-12-6-4-3-5-11(12)14(2)13(15)18-8-10/h3-6,10H,7-8H2,1-2H3/q+1/t10-/m1/s1. The van der Waals surface area contributed by atoms with Crippen molar-refractivity contribution in [3.63, 3.8) is 0 Å². The number of hydrogen-bond donors (Lipinski definition) is 0. The van der Waals surface area contributed by atoms with Crippen molar-refractivity contribution in [1.29, 1.82) is 0 Å². The Kier molecular flexibility index (Phi) is 2.78. The van der Waals surface area contributed by atoms with Crippen LogP contribution in [0.1, 0.15) is 6.92 Å². The number of carbonyl (C=O) groups is 1. The van der Waals surface area contributed by atoms with E-state index in [1.54, 1.807) is 11.8 Å². The van der Waals surface area contributed by atoms with E-state index in [-0.39, 0.29) is 12.1 Å². The van der Waals surface area contributed by atoms with Crippen LogP contribution in [-0.4, -0.2) is 22.4 Å². The van der Waals surface area contributed by atoms with Gasteiger partial charge in [-0.2, -0.15) is 0 Å². The van der Waals surface area contributed by atoms with Crippen LogP contribution in [0.2, 0.25) is 0 Å². The maximum absolute atomic E-state index is 11.0. The molecule has 1 aliphatic rings. The molecular formula is C13H15N2O2S+. The van der Waals surface area contributed by atoms with Gasteiger partial charge in [0.25, 0.3) is 0 Å². The van der Waals surface area contributed by atoms with Crippen LogP contribution in [0, 0.1) is 0 Å². The monoisotopic (exact) mass is 263 g/mol. The topological polar surface area (TPSA) is 35.1 Å². The molecule has 94 valence electrons. The van der Waals surface area contributed by atoms with Crippen molar-refractivity contribution in [1.82, 2.24) is 4.57 Å². The first kappa shape index (κ1) is 11.6. The number of esters is 1. The van der Waals surface area contributed by atoms with Crippen LogP contribution in [0.15, 0.2) is 29.4 Å². The summed E-state index contributed by atoms with van der Waals surface area (Å²) in [6, 6.07) is 8.30. The molecule has 0 fully saturated rings. The summed E-state index contributed by atoms with van der Waals surface area (Å²) in [5.41, 5.74) is 2.41. The highest BCUT2D eigenvalue weighted by molar-refractivity contribution is 7.99. The number of hydrogen-bond acceptors (Lipinski definition) is 3. The third-order valence-corrected chi connectivity index (χ3v) is 4.46. The molecule has 0 N–H and O–H groups in total. The number of fused-ring (bicyclic) bond motifs is 3. The highest BCUT2D eigenvalue weighted by Gasteiger charge is 2.32. The molecule has 2 aromatic rings. The average Bonchev–Trinajstić information content (AvgIpc) is 2.63. The summed E-state index contributed by atoms with van der Waals surface area (Å²) >= 11 is 1.74. The summed E-state index contributed by atoms with van der Waals surface area (Å²) in [5, 5.41) is 1.22. The fourth-order valence-corrected chi connectivity index (χ4v) is 3.57. The predicted octanol–water partition coefficient (Wildman–Crippen LogP) is 1.50. The zero-order valence-electron chi connectivity index (χ0n) is 10.4. The molecule has 1 aliphatic heterocycles. The number of ether oxygens (including phenoxy) is 1. The number of para-hydroxylation sites is 2. The van der Waals surface area contributed by atoms with Gasteiger partial charge < -0.3 is 4.74 Å². The van der Waals surface area contributed by atoms with Crippen molar-refractivity contribution in [2.24, 2.45) is 7.05 Å². The van der Waals surface area contributed by atoms with E-state index in [2.05, 4.69) is 28.3 Å². The van der Waals surface area contributed by atoms with Crippen LogP contribution >= 0.6 is 11.8 Å². The fourth-order valence-electron chi connectivity index (χ4n) is 2.44. The first-order chi connectivity index (χ1) is 8.66. The number of imidazole rings is 1.